The molecule has 0 heterocycles. The van der Waals surface area contributed by atoms with E-state index in [0.717, 1.165) is 5.69 Å². The van der Waals surface area contributed by atoms with E-state index in [9.17, 15) is 4.79 Å². The summed E-state index contributed by atoms with van der Waals surface area (Å²) >= 11 is 0. The summed E-state index contributed by atoms with van der Waals surface area (Å²) < 4.78 is 5.33. The predicted octanol–water partition coefficient (Wildman–Crippen LogP) is 2.29. The lowest BCUT2D eigenvalue weighted by molar-refractivity contribution is -0.118. The van der Waals surface area contributed by atoms with Gasteiger partial charge < -0.3 is 15.8 Å². The van der Waals surface area contributed by atoms with E-state index in [-0.39, 0.29) is 12.5 Å². The van der Waals surface area contributed by atoms with Crippen LogP contribution in [0, 0.1) is 0 Å². The van der Waals surface area contributed by atoms with E-state index in [4.69, 9.17) is 10.5 Å². The van der Waals surface area contributed by atoms with Crippen molar-refractivity contribution in [2.45, 2.75) is 0 Å². The molecule has 0 fully saturated rings. The van der Waals surface area contributed by atoms with Crippen LogP contribution in [0.2, 0.25) is 0 Å². The van der Waals surface area contributed by atoms with Crippen LogP contribution in [-0.2, 0) is 4.79 Å². The maximum absolute atomic E-state index is 11.6. The molecule has 2 rings (SSSR count). The Balaban J connectivity index is 1.83. The minimum Gasteiger partial charge on any atom is -0.484 e. The van der Waals surface area contributed by atoms with Crippen molar-refractivity contribution in [2.75, 3.05) is 17.7 Å². The second-order valence-corrected chi connectivity index (χ2v) is 3.77. The fraction of sp³-hybridized carbons (Fsp3) is 0.0714. The fourth-order valence-electron chi connectivity index (χ4n) is 1.43. The number of nitrogens with one attached hydrogen (secondary N) is 1. The molecule has 3 N–H and O–H groups in total. The number of para-hydroxylation sites is 1. The third-order valence-electron chi connectivity index (χ3n) is 2.31. The molecule has 0 aliphatic heterocycles. The number of hydrogen-bond donors (Lipinski definition) is 2. The van der Waals surface area contributed by atoms with Gasteiger partial charge in [-0.05, 0) is 36.4 Å². The summed E-state index contributed by atoms with van der Waals surface area (Å²) in [5.41, 5.74) is 6.97. The van der Waals surface area contributed by atoms with Gasteiger partial charge in [0.05, 0.1) is 0 Å². The number of hydrogen-bond acceptors (Lipinski definition) is 3. The summed E-state index contributed by atoms with van der Waals surface area (Å²) in [6.07, 6.45) is 0. The van der Waals surface area contributed by atoms with Crippen molar-refractivity contribution < 1.29 is 9.53 Å². The Bertz CT molecular complexity index is 509. The highest BCUT2D eigenvalue weighted by molar-refractivity contribution is 5.91. The molecule has 0 saturated heterocycles. The van der Waals surface area contributed by atoms with E-state index < -0.39 is 0 Å². The molecular weight excluding hydrogens is 228 g/mol. The lowest BCUT2D eigenvalue weighted by Gasteiger charge is -2.07. The smallest absolute Gasteiger partial charge is 0.262 e. The number of amides is 1. The first-order valence-electron chi connectivity index (χ1n) is 5.57. The van der Waals surface area contributed by atoms with E-state index in [2.05, 4.69) is 5.32 Å². The third-order valence-corrected chi connectivity index (χ3v) is 2.31. The third kappa shape index (κ3) is 3.52. The maximum atomic E-state index is 11.6. The Kier molecular flexibility index (Phi) is 3.81. The van der Waals surface area contributed by atoms with Crippen LogP contribution in [0.25, 0.3) is 0 Å². The molecule has 2 aromatic carbocycles. The number of ether oxygens (including phenoxy) is 1. The molecular formula is C14H14N2O2. The van der Waals surface area contributed by atoms with E-state index in [1.54, 1.807) is 24.3 Å². The van der Waals surface area contributed by atoms with E-state index in [1.807, 2.05) is 30.3 Å². The van der Waals surface area contributed by atoms with Gasteiger partial charge in [0, 0.05) is 11.4 Å². The Morgan fingerprint density at radius 2 is 1.72 bits per heavy atom. The van der Waals surface area contributed by atoms with E-state index >= 15 is 0 Å². The average Bonchev–Trinajstić information content (AvgIpc) is 2.39. The summed E-state index contributed by atoms with van der Waals surface area (Å²) in [6, 6.07) is 16.2. The van der Waals surface area contributed by atoms with Crippen molar-refractivity contribution in [1.29, 1.82) is 0 Å². The number of nitrogens with two attached hydrogens (primary N) is 1. The van der Waals surface area contributed by atoms with Crippen molar-refractivity contribution in [2.24, 2.45) is 0 Å². The Morgan fingerprint density at radius 1 is 1.06 bits per heavy atom. The molecule has 0 aliphatic carbocycles. The number of benzene rings is 2. The number of nitrogen functional groups attached to an aromatic ring is 1. The molecule has 0 aromatic heterocycles. The van der Waals surface area contributed by atoms with Gasteiger partial charge in [0.2, 0.25) is 0 Å². The van der Waals surface area contributed by atoms with Gasteiger partial charge in [-0.3, -0.25) is 4.79 Å². The van der Waals surface area contributed by atoms with Gasteiger partial charge in [0.15, 0.2) is 6.61 Å². The van der Waals surface area contributed by atoms with Gasteiger partial charge in [-0.25, -0.2) is 0 Å². The normalized spacial score (nSPS) is 9.78. The van der Waals surface area contributed by atoms with Crippen LogP contribution < -0.4 is 15.8 Å². The van der Waals surface area contributed by atoms with Crippen LogP contribution in [0.5, 0.6) is 5.75 Å². The number of rotatable bonds is 4. The highest BCUT2D eigenvalue weighted by Gasteiger charge is 2.03. The minimum absolute atomic E-state index is 0.0290. The fourth-order valence-corrected chi connectivity index (χ4v) is 1.43. The van der Waals surface area contributed by atoms with Gasteiger partial charge in [-0.1, -0.05) is 18.2 Å². The summed E-state index contributed by atoms with van der Waals surface area (Å²) in [5.74, 6) is 0.422. The summed E-state index contributed by atoms with van der Waals surface area (Å²) in [6.45, 7) is -0.0290. The van der Waals surface area contributed by atoms with Crippen molar-refractivity contribution in [3.8, 4) is 5.75 Å². The molecule has 4 heteroatoms. The van der Waals surface area contributed by atoms with Gasteiger partial charge in [0.25, 0.3) is 5.91 Å². The SMILES string of the molecule is Nc1ccc(OCC(=O)Nc2ccccc2)cc1. The molecule has 92 valence electrons. The number of carbonyl (C=O) groups excluding carboxylic acids is 1. The van der Waals surface area contributed by atoms with Crippen LogP contribution in [0.3, 0.4) is 0 Å². The number of anilines is 2. The second kappa shape index (κ2) is 5.72. The lowest BCUT2D eigenvalue weighted by atomic mass is 10.3. The quantitative estimate of drug-likeness (QED) is 0.808. The maximum Gasteiger partial charge on any atom is 0.262 e. The molecule has 18 heavy (non-hydrogen) atoms. The highest BCUT2D eigenvalue weighted by Crippen LogP contribution is 2.13. The largest absolute Gasteiger partial charge is 0.484 e. The molecule has 0 radical (unpaired) electrons. The van der Waals surface area contributed by atoms with Crippen molar-refractivity contribution in [3.63, 3.8) is 0 Å². The summed E-state index contributed by atoms with van der Waals surface area (Å²) in [5, 5.41) is 2.73. The molecule has 0 atom stereocenters. The van der Waals surface area contributed by atoms with Crippen LogP contribution in [0.4, 0.5) is 11.4 Å². The molecule has 0 bridgehead atoms. The minimum atomic E-state index is -0.196. The summed E-state index contributed by atoms with van der Waals surface area (Å²) in [7, 11) is 0. The molecule has 1 amide bonds. The van der Waals surface area contributed by atoms with Crippen LogP contribution in [0.15, 0.2) is 54.6 Å². The van der Waals surface area contributed by atoms with E-state index in [0.29, 0.717) is 11.4 Å². The molecule has 0 saturated carbocycles. The standard InChI is InChI=1S/C14H14N2O2/c15-11-6-8-13(9-7-11)18-10-14(17)16-12-4-2-1-3-5-12/h1-9H,10,15H2,(H,16,17). The number of carbonyl (C=O) groups is 1. The molecule has 0 unspecified atom stereocenters. The zero-order valence-corrected chi connectivity index (χ0v) is 9.80. The predicted molar refractivity (Wildman–Crippen MR) is 71.4 cm³/mol. The first-order chi connectivity index (χ1) is 8.74. The Labute approximate surface area is 105 Å². The first-order valence-corrected chi connectivity index (χ1v) is 5.57. The zero-order valence-electron chi connectivity index (χ0n) is 9.80. The van der Waals surface area contributed by atoms with Crippen LogP contribution in [0.1, 0.15) is 0 Å². The molecule has 2 aromatic rings. The van der Waals surface area contributed by atoms with Gasteiger partial charge in [-0.2, -0.15) is 0 Å². The molecule has 4 nitrogen and oxygen atoms in total. The van der Waals surface area contributed by atoms with Gasteiger partial charge in [-0.15, -0.1) is 0 Å². The van der Waals surface area contributed by atoms with Crippen molar-refractivity contribution in [1.82, 2.24) is 0 Å². The van der Waals surface area contributed by atoms with Crippen molar-refractivity contribution in [3.05, 3.63) is 54.6 Å². The average molecular weight is 242 g/mol. The Hall–Kier alpha value is -2.49. The monoisotopic (exact) mass is 242 g/mol. The molecule has 0 spiro atoms. The van der Waals surface area contributed by atoms with Gasteiger partial charge in [0.1, 0.15) is 5.75 Å². The Morgan fingerprint density at radius 3 is 2.39 bits per heavy atom. The second-order valence-electron chi connectivity index (χ2n) is 3.77. The highest BCUT2D eigenvalue weighted by atomic mass is 16.5. The van der Waals surface area contributed by atoms with Crippen molar-refractivity contribution >= 4 is 17.3 Å². The van der Waals surface area contributed by atoms with Gasteiger partial charge >= 0.3 is 0 Å². The first kappa shape index (κ1) is 12.0. The van der Waals surface area contributed by atoms with E-state index in [1.165, 1.54) is 0 Å². The topological polar surface area (TPSA) is 64.3 Å². The molecule has 0 aliphatic rings. The summed E-state index contributed by atoms with van der Waals surface area (Å²) in [4.78, 5) is 11.6. The lowest BCUT2D eigenvalue weighted by Crippen LogP contribution is -2.20. The van der Waals surface area contributed by atoms with Crippen LogP contribution in [-0.4, -0.2) is 12.5 Å². The zero-order chi connectivity index (χ0) is 12.8. The van der Waals surface area contributed by atoms with Crippen LogP contribution >= 0.6 is 0 Å².